The summed E-state index contributed by atoms with van der Waals surface area (Å²) in [5.41, 5.74) is 3.70. The van der Waals surface area contributed by atoms with E-state index in [0.29, 0.717) is 37.3 Å². The Hall–Kier alpha value is -2.56. The predicted octanol–water partition coefficient (Wildman–Crippen LogP) is 2.81. The third kappa shape index (κ3) is 5.87. The van der Waals surface area contributed by atoms with Crippen LogP contribution < -0.4 is 5.48 Å². The average molecular weight is 474 g/mol. The minimum atomic E-state index is -0.601. The molecule has 1 amide bonds. The number of amides is 1. The van der Waals surface area contributed by atoms with Crippen molar-refractivity contribution < 1.29 is 19.2 Å². The Balaban J connectivity index is 1.50. The number of aryl methyl sites for hydroxylation is 1. The number of halogens is 1. The summed E-state index contributed by atoms with van der Waals surface area (Å²) in [6.07, 6.45) is 6.90. The van der Waals surface area contributed by atoms with E-state index in [1.807, 2.05) is 6.08 Å². The Morgan fingerprint density at radius 2 is 2.09 bits per heavy atom. The minimum Gasteiger partial charge on any atom is -0.297 e. The molecule has 0 bridgehead atoms. The van der Waals surface area contributed by atoms with E-state index in [1.54, 1.807) is 34.6 Å². The second kappa shape index (κ2) is 10.6. The summed E-state index contributed by atoms with van der Waals surface area (Å²) in [6, 6.07) is 5.93. The zero-order valence-electron chi connectivity index (χ0n) is 18.2. The number of likely N-dealkylation sites (tertiary alicyclic amines) is 1. The number of Topliss-reactive ketones (excluding diaryl/α,β-unsaturated/α-hetero) is 1. The number of hydroxylamine groups is 1. The van der Waals surface area contributed by atoms with E-state index >= 15 is 0 Å². The summed E-state index contributed by atoms with van der Waals surface area (Å²) < 4.78 is 16.3. The van der Waals surface area contributed by atoms with E-state index < -0.39 is 11.9 Å². The van der Waals surface area contributed by atoms with Crippen molar-refractivity contribution in [3.63, 3.8) is 0 Å². The fraction of sp³-hybridized carbons (Fsp3) is 0.478. The molecule has 1 saturated heterocycles. The van der Waals surface area contributed by atoms with Crippen molar-refractivity contribution in [3.05, 3.63) is 53.1 Å². The highest BCUT2D eigenvalue weighted by molar-refractivity contribution is 7.81. The quantitative estimate of drug-likeness (QED) is 0.294. The summed E-state index contributed by atoms with van der Waals surface area (Å²) in [6.45, 7) is 1.64. The second-order valence-electron chi connectivity index (χ2n) is 8.64. The largest absolute Gasteiger partial charge is 0.297 e. The summed E-state index contributed by atoms with van der Waals surface area (Å²) in [4.78, 5) is 26.3. The zero-order valence-corrected chi connectivity index (χ0v) is 19.1. The molecule has 0 radical (unpaired) electrons. The highest BCUT2D eigenvalue weighted by Gasteiger charge is 2.40. The first kappa shape index (κ1) is 23.6. The first-order chi connectivity index (χ1) is 16.0. The van der Waals surface area contributed by atoms with Crippen molar-refractivity contribution in [1.29, 1.82) is 0 Å². The fourth-order valence-corrected chi connectivity index (χ4v) is 4.48. The molecule has 4 rings (SSSR count). The lowest BCUT2D eigenvalue weighted by Crippen LogP contribution is -2.42. The van der Waals surface area contributed by atoms with Crippen molar-refractivity contribution in [2.75, 3.05) is 13.1 Å². The van der Waals surface area contributed by atoms with Crippen LogP contribution in [0.5, 0.6) is 0 Å². The number of piperidine rings is 1. The average Bonchev–Trinajstić information content (AvgIpc) is 3.57. The number of thiol groups is 1. The predicted molar refractivity (Wildman–Crippen MR) is 123 cm³/mol. The molecule has 33 heavy (non-hydrogen) atoms. The molecule has 2 aliphatic rings. The van der Waals surface area contributed by atoms with E-state index in [9.17, 15) is 14.0 Å². The van der Waals surface area contributed by atoms with Crippen LogP contribution >= 0.6 is 12.6 Å². The number of carbonyl (C=O) groups excluding carboxylic acids is 2. The van der Waals surface area contributed by atoms with Crippen LogP contribution in [0.3, 0.4) is 0 Å². The zero-order chi connectivity index (χ0) is 23.4. The smallest absolute Gasteiger partial charge is 0.243 e. The van der Waals surface area contributed by atoms with E-state index in [0.717, 1.165) is 24.8 Å². The first-order valence-corrected chi connectivity index (χ1v) is 11.7. The van der Waals surface area contributed by atoms with Crippen molar-refractivity contribution in [3.8, 4) is 0 Å². The molecule has 2 unspecified atom stereocenters. The van der Waals surface area contributed by atoms with Crippen molar-refractivity contribution in [2.24, 2.45) is 5.92 Å². The standard InChI is InChI=1S/C23H28FN5O3S/c24-19-5-2-1-4-18(19)22(23(31)15-7-8-15)28-11-9-20(33)16(13-28)12-17-14-29(27-25-17)10-3-6-21(30)26-32/h1-2,4-5,12,14-15,20,22,32-33H,3,6-11,13H2,(H,26,30). The lowest BCUT2D eigenvalue weighted by atomic mass is 9.93. The topological polar surface area (TPSA) is 100 Å². The van der Waals surface area contributed by atoms with E-state index in [1.165, 1.54) is 6.07 Å². The third-order valence-corrected chi connectivity index (χ3v) is 6.71. The van der Waals surface area contributed by atoms with Gasteiger partial charge in [0.1, 0.15) is 11.5 Å². The summed E-state index contributed by atoms with van der Waals surface area (Å²) in [7, 11) is 0. The van der Waals surface area contributed by atoms with Crippen LogP contribution in [0.15, 0.2) is 36.0 Å². The van der Waals surface area contributed by atoms with Crippen LogP contribution in [-0.4, -0.2) is 55.1 Å². The number of carbonyl (C=O) groups is 2. The molecule has 1 aliphatic heterocycles. The molecular formula is C23H28FN5O3S. The molecule has 2 N–H and O–H groups in total. The molecule has 2 fully saturated rings. The molecule has 2 aromatic rings. The van der Waals surface area contributed by atoms with Crippen LogP contribution in [0, 0.1) is 11.7 Å². The van der Waals surface area contributed by atoms with Gasteiger partial charge in [-0.1, -0.05) is 23.4 Å². The Morgan fingerprint density at radius 3 is 2.82 bits per heavy atom. The normalized spacial score (nSPS) is 21.2. The minimum absolute atomic E-state index is 0.0111. The molecule has 2 heterocycles. The number of hydrogen-bond donors (Lipinski definition) is 3. The van der Waals surface area contributed by atoms with Gasteiger partial charge in [0.15, 0.2) is 5.78 Å². The lowest BCUT2D eigenvalue weighted by molar-refractivity contribution is -0.129. The van der Waals surface area contributed by atoms with Gasteiger partial charge >= 0.3 is 0 Å². The van der Waals surface area contributed by atoms with Crippen molar-refractivity contribution in [2.45, 2.75) is 49.9 Å². The molecule has 10 heteroatoms. The van der Waals surface area contributed by atoms with Gasteiger partial charge in [-0.25, -0.2) is 9.87 Å². The fourth-order valence-electron chi connectivity index (χ4n) is 4.21. The number of aromatic nitrogens is 3. The summed E-state index contributed by atoms with van der Waals surface area (Å²) >= 11 is 4.73. The maximum atomic E-state index is 14.7. The Labute approximate surface area is 197 Å². The van der Waals surface area contributed by atoms with E-state index in [2.05, 4.69) is 15.2 Å². The molecule has 0 spiro atoms. The second-order valence-corrected chi connectivity index (χ2v) is 9.26. The van der Waals surface area contributed by atoms with Gasteiger partial charge in [0.25, 0.3) is 0 Å². The maximum absolute atomic E-state index is 14.7. The molecule has 2 atom stereocenters. The first-order valence-electron chi connectivity index (χ1n) is 11.2. The van der Waals surface area contributed by atoms with Crippen LogP contribution in [0.25, 0.3) is 6.08 Å². The Kier molecular flexibility index (Phi) is 7.56. The SMILES string of the molecule is O=C(CCCn1cc(C=C2CN(C(C(=O)C3CC3)c3ccccc3F)CCC2S)nn1)NO. The van der Waals surface area contributed by atoms with Crippen molar-refractivity contribution in [1.82, 2.24) is 25.4 Å². The van der Waals surface area contributed by atoms with Gasteiger partial charge in [-0.15, -0.1) is 5.10 Å². The maximum Gasteiger partial charge on any atom is 0.243 e. The van der Waals surface area contributed by atoms with E-state index in [4.69, 9.17) is 17.8 Å². The van der Waals surface area contributed by atoms with Crippen LogP contribution in [0.4, 0.5) is 4.39 Å². The Bertz CT molecular complexity index is 1040. The number of ketones is 1. The molecule has 8 nitrogen and oxygen atoms in total. The molecular weight excluding hydrogens is 445 g/mol. The van der Waals surface area contributed by atoms with Gasteiger partial charge in [-0.3, -0.25) is 24.4 Å². The van der Waals surface area contributed by atoms with Gasteiger partial charge in [0.05, 0.1) is 12.2 Å². The lowest BCUT2D eigenvalue weighted by Gasteiger charge is -2.37. The van der Waals surface area contributed by atoms with Crippen LogP contribution in [0.1, 0.15) is 49.4 Å². The van der Waals surface area contributed by atoms with Gasteiger partial charge in [-0.05, 0) is 43.4 Å². The van der Waals surface area contributed by atoms with Gasteiger partial charge in [0, 0.05) is 42.8 Å². The molecule has 1 aliphatic carbocycles. The molecule has 1 aromatic heterocycles. The van der Waals surface area contributed by atoms with Gasteiger partial charge in [-0.2, -0.15) is 12.6 Å². The van der Waals surface area contributed by atoms with Crippen LogP contribution in [0.2, 0.25) is 0 Å². The number of hydrogen-bond acceptors (Lipinski definition) is 7. The van der Waals surface area contributed by atoms with Crippen LogP contribution in [-0.2, 0) is 16.1 Å². The number of rotatable bonds is 9. The highest BCUT2D eigenvalue weighted by atomic mass is 32.1. The molecule has 1 aromatic carbocycles. The number of benzene rings is 1. The third-order valence-electron chi connectivity index (χ3n) is 6.12. The monoisotopic (exact) mass is 473 g/mol. The molecule has 176 valence electrons. The van der Waals surface area contributed by atoms with Crippen molar-refractivity contribution >= 4 is 30.4 Å². The van der Waals surface area contributed by atoms with Gasteiger partial charge < -0.3 is 0 Å². The van der Waals surface area contributed by atoms with E-state index in [-0.39, 0.29) is 29.2 Å². The summed E-state index contributed by atoms with van der Waals surface area (Å²) in [5.74, 6) is -0.686. The molecule has 1 saturated carbocycles. The summed E-state index contributed by atoms with van der Waals surface area (Å²) in [5, 5.41) is 16.8. The highest BCUT2D eigenvalue weighted by Crippen LogP contribution is 2.39. The Morgan fingerprint density at radius 1 is 1.30 bits per heavy atom. The number of nitrogens with zero attached hydrogens (tertiary/aromatic N) is 4. The number of nitrogens with one attached hydrogen (secondary N) is 1. The van der Waals surface area contributed by atoms with Gasteiger partial charge in [0.2, 0.25) is 5.91 Å².